The van der Waals surface area contributed by atoms with Crippen LogP contribution in [0, 0.1) is 5.92 Å². The van der Waals surface area contributed by atoms with E-state index in [1.54, 1.807) is 0 Å². The molecule has 3 aliphatic rings. The molecule has 0 spiro atoms. The largest absolute Gasteiger partial charge is 0.456 e. The van der Waals surface area contributed by atoms with E-state index in [1.807, 2.05) is 18.2 Å². The lowest BCUT2D eigenvalue weighted by Crippen LogP contribution is -2.36. The van der Waals surface area contributed by atoms with Gasteiger partial charge in [0.1, 0.15) is 11.5 Å². The third-order valence-electron chi connectivity index (χ3n) is 6.73. The minimum atomic E-state index is -0.0653. The van der Waals surface area contributed by atoms with E-state index in [-0.39, 0.29) is 6.10 Å². The second-order valence-electron chi connectivity index (χ2n) is 8.69. The van der Waals surface area contributed by atoms with Crippen molar-refractivity contribution >= 4 is 17.2 Å². The van der Waals surface area contributed by atoms with Gasteiger partial charge in [0.05, 0.1) is 6.10 Å². The summed E-state index contributed by atoms with van der Waals surface area (Å²) in [5.41, 5.74) is 5.15. The van der Waals surface area contributed by atoms with E-state index in [4.69, 9.17) is 16.3 Å². The summed E-state index contributed by atoms with van der Waals surface area (Å²) >= 11 is 6.35. The first-order valence-corrected chi connectivity index (χ1v) is 11.2. The number of likely N-dealkylation sites (tertiary alicyclic amines) is 1. The van der Waals surface area contributed by atoms with Gasteiger partial charge in [-0.05, 0) is 74.3 Å². The van der Waals surface area contributed by atoms with Crippen LogP contribution >= 0.6 is 11.6 Å². The third-order valence-corrected chi connectivity index (χ3v) is 6.97. The van der Waals surface area contributed by atoms with Gasteiger partial charge in [0.2, 0.25) is 0 Å². The fraction of sp³-hybridized carbons (Fsp3) is 0.440. The van der Waals surface area contributed by atoms with Crippen LogP contribution in [-0.2, 0) is 0 Å². The van der Waals surface area contributed by atoms with Crippen molar-refractivity contribution in [2.75, 3.05) is 19.6 Å². The number of aliphatic hydroxyl groups is 1. The smallest absolute Gasteiger partial charge is 0.135 e. The number of nitrogens with zero attached hydrogens (tertiary/aromatic N) is 1. The molecule has 4 heteroatoms. The monoisotopic (exact) mass is 409 g/mol. The normalized spacial score (nSPS) is 24.6. The molecule has 5 rings (SSSR count). The molecule has 1 N–H and O–H groups in total. The maximum atomic E-state index is 9.75. The van der Waals surface area contributed by atoms with Crippen LogP contribution in [0.2, 0.25) is 5.02 Å². The predicted molar refractivity (Wildman–Crippen MR) is 118 cm³/mol. The Hall–Kier alpha value is -1.81. The summed E-state index contributed by atoms with van der Waals surface area (Å²) in [6.07, 6.45) is 6.40. The molecule has 0 atom stereocenters. The highest BCUT2D eigenvalue weighted by Gasteiger charge is 2.28. The number of ether oxygens (including phenoxy) is 1. The molecule has 152 valence electrons. The molecule has 2 fully saturated rings. The molecule has 3 nitrogen and oxygen atoms in total. The van der Waals surface area contributed by atoms with E-state index in [0.29, 0.717) is 0 Å². The zero-order valence-corrected chi connectivity index (χ0v) is 17.5. The van der Waals surface area contributed by atoms with Crippen LogP contribution in [0.4, 0.5) is 0 Å². The van der Waals surface area contributed by atoms with Gasteiger partial charge in [-0.1, -0.05) is 35.4 Å². The molecule has 0 radical (unpaired) electrons. The third kappa shape index (κ3) is 3.96. The average Bonchev–Trinajstić information content (AvgIpc) is 2.74. The van der Waals surface area contributed by atoms with Crippen LogP contribution in [0.5, 0.6) is 11.5 Å². The van der Waals surface area contributed by atoms with Crippen molar-refractivity contribution in [3.63, 3.8) is 0 Å². The van der Waals surface area contributed by atoms with Crippen molar-refractivity contribution in [2.24, 2.45) is 5.92 Å². The Kier molecular flexibility index (Phi) is 5.38. The van der Waals surface area contributed by atoms with Crippen LogP contribution in [0.3, 0.4) is 0 Å². The predicted octanol–water partition coefficient (Wildman–Crippen LogP) is 5.89. The van der Waals surface area contributed by atoms with E-state index in [0.717, 1.165) is 66.8 Å². The summed E-state index contributed by atoms with van der Waals surface area (Å²) in [4.78, 5) is 2.62. The maximum absolute atomic E-state index is 9.75. The molecule has 2 aromatic carbocycles. The van der Waals surface area contributed by atoms with Crippen molar-refractivity contribution in [3.8, 4) is 11.5 Å². The van der Waals surface area contributed by atoms with Gasteiger partial charge in [0.15, 0.2) is 0 Å². The van der Waals surface area contributed by atoms with E-state index >= 15 is 0 Å². The molecule has 1 saturated carbocycles. The summed E-state index contributed by atoms with van der Waals surface area (Å²) in [5.74, 6) is 2.59. The van der Waals surface area contributed by atoms with Gasteiger partial charge in [0, 0.05) is 35.8 Å². The molecule has 0 bridgehead atoms. The van der Waals surface area contributed by atoms with E-state index in [1.165, 1.54) is 36.1 Å². The summed E-state index contributed by atoms with van der Waals surface area (Å²) in [5, 5.41) is 10.5. The van der Waals surface area contributed by atoms with Crippen molar-refractivity contribution < 1.29 is 9.84 Å². The number of benzene rings is 2. The highest BCUT2D eigenvalue weighted by atomic mass is 35.5. The molecule has 0 aromatic heterocycles. The Morgan fingerprint density at radius 3 is 2.45 bits per heavy atom. The molecule has 2 heterocycles. The van der Waals surface area contributed by atoms with Gasteiger partial charge < -0.3 is 14.7 Å². The lowest BCUT2D eigenvalue weighted by Gasteiger charge is -2.35. The number of fused-ring (bicyclic) bond motifs is 2. The van der Waals surface area contributed by atoms with Crippen LogP contribution in [0.25, 0.3) is 5.57 Å². The quantitative estimate of drug-likeness (QED) is 0.572. The lowest BCUT2D eigenvalue weighted by molar-refractivity contribution is 0.0923. The number of piperidine rings is 1. The fourth-order valence-electron chi connectivity index (χ4n) is 5.14. The minimum absolute atomic E-state index is 0.0653. The zero-order chi connectivity index (χ0) is 19.8. The van der Waals surface area contributed by atoms with E-state index in [2.05, 4.69) is 29.2 Å². The number of rotatable bonds is 2. The van der Waals surface area contributed by atoms with Gasteiger partial charge in [-0.3, -0.25) is 0 Å². The Bertz CT molecular complexity index is 920. The first kappa shape index (κ1) is 19.2. The number of hydrogen-bond acceptors (Lipinski definition) is 3. The van der Waals surface area contributed by atoms with Crippen LogP contribution < -0.4 is 4.74 Å². The Morgan fingerprint density at radius 2 is 1.66 bits per heavy atom. The molecule has 1 saturated heterocycles. The highest BCUT2D eigenvalue weighted by molar-refractivity contribution is 6.30. The Balaban J connectivity index is 1.39. The van der Waals surface area contributed by atoms with E-state index in [9.17, 15) is 5.11 Å². The number of hydrogen-bond donors (Lipinski definition) is 1. The second-order valence-corrected chi connectivity index (χ2v) is 9.13. The Labute approximate surface area is 177 Å². The molecular formula is C25H28ClNO2. The molecule has 1 aliphatic carbocycles. The molecule has 2 aromatic rings. The van der Waals surface area contributed by atoms with Crippen molar-refractivity contribution in [1.29, 1.82) is 0 Å². The second kappa shape index (κ2) is 8.14. The molecule has 0 amide bonds. The topological polar surface area (TPSA) is 32.7 Å². The lowest BCUT2D eigenvalue weighted by atomic mass is 9.85. The number of para-hydroxylation sites is 1. The first-order valence-electron chi connectivity index (χ1n) is 10.9. The number of aliphatic hydroxyl groups excluding tert-OH is 1. The molecule has 2 aliphatic heterocycles. The van der Waals surface area contributed by atoms with Crippen molar-refractivity contribution in [3.05, 3.63) is 64.2 Å². The van der Waals surface area contributed by atoms with Gasteiger partial charge in [-0.15, -0.1) is 0 Å². The zero-order valence-electron chi connectivity index (χ0n) is 16.7. The van der Waals surface area contributed by atoms with Crippen molar-refractivity contribution in [2.45, 2.75) is 44.6 Å². The Morgan fingerprint density at radius 1 is 0.931 bits per heavy atom. The average molecular weight is 410 g/mol. The molecular weight excluding hydrogens is 382 g/mol. The number of halogens is 1. The van der Waals surface area contributed by atoms with Crippen LogP contribution in [0.15, 0.2) is 48.0 Å². The summed E-state index contributed by atoms with van der Waals surface area (Å²) in [6.45, 7) is 3.39. The van der Waals surface area contributed by atoms with Crippen molar-refractivity contribution in [1.82, 2.24) is 4.90 Å². The molecule has 0 unspecified atom stereocenters. The highest BCUT2D eigenvalue weighted by Crippen LogP contribution is 2.47. The summed E-state index contributed by atoms with van der Waals surface area (Å²) in [6, 6.07) is 14.3. The van der Waals surface area contributed by atoms with Gasteiger partial charge >= 0.3 is 0 Å². The fourth-order valence-corrected chi connectivity index (χ4v) is 5.31. The van der Waals surface area contributed by atoms with Crippen LogP contribution in [0.1, 0.15) is 49.7 Å². The van der Waals surface area contributed by atoms with Gasteiger partial charge in [0.25, 0.3) is 0 Å². The summed E-state index contributed by atoms with van der Waals surface area (Å²) < 4.78 is 6.16. The standard InChI is InChI=1S/C25H28ClNO2/c26-19-7-10-24-22(15-19)25(21-3-1-2-4-23(21)29-24)18-11-13-27(14-12-18)16-17-5-8-20(28)9-6-17/h1-4,7,10,15,17,20,28H,5-6,8-9,11-14,16H2. The minimum Gasteiger partial charge on any atom is -0.456 e. The van der Waals surface area contributed by atoms with Crippen LogP contribution in [-0.4, -0.2) is 35.7 Å². The van der Waals surface area contributed by atoms with E-state index < -0.39 is 0 Å². The first-order chi connectivity index (χ1) is 14.2. The molecule has 29 heavy (non-hydrogen) atoms. The maximum Gasteiger partial charge on any atom is 0.135 e. The SMILES string of the molecule is OC1CCC(CN2CCC(=C3c4ccccc4Oc4ccc(Cl)cc43)CC2)CC1. The van der Waals surface area contributed by atoms with Gasteiger partial charge in [-0.25, -0.2) is 0 Å². The van der Waals surface area contributed by atoms with Gasteiger partial charge in [-0.2, -0.15) is 0 Å². The summed E-state index contributed by atoms with van der Waals surface area (Å²) in [7, 11) is 0.